The molecule has 15 heavy (non-hydrogen) atoms. The lowest BCUT2D eigenvalue weighted by molar-refractivity contribution is -0.160. The Labute approximate surface area is 96.1 Å². The molecule has 1 aliphatic rings. The number of hydrogen-bond donors (Lipinski definition) is 2. The number of aliphatic carboxylic acids is 1. The average Bonchev–Trinajstić information content (AvgIpc) is 2.20. The Bertz CT molecular complexity index is 421. The normalized spacial score (nSPS) is 24.7. The van der Waals surface area contributed by atoms with Crippen LogP contribution in [0.3, 0.4) is 0 Å². The lowest BCUT2D eigenvalue weighted by atomic mass is 9.91. The minimum atomic E-state index is -1.79. The summed E-state index contributed by atoms with van der Waals surface area (Å²) in [5, 5.41) is 19.6. The first-order valence-electron chi connectivity index (χ1n) is 4.43. The topological polar surface area (TPSA) is 57.5 Å². The smallest absolute Gasteiger partial charge is 0.340 e. The Balaban J connectivity index is 2.61. The molecule has 2 N–H and O–H groups in total. The van der Waals surface area contributed by atoms with Crippen LogP contribution in [0, 0.1) is 0 Å². The summed E-state index contributed by atoms with van der Waals surface area (Å²) >= 11 is 7.43. The van der Waals surface area contributed by atoms with Crippen molar-refractivity contribution in [3.05, 3.63) is 28.8 Å². The fourth-order valence-electron chi connectivity index (χ4n) is 1.64. The first-order valence-corrected chi connectivity index (χ1v) is 5.79. The lowest BCUT2D eigenvalue weighted by Crippen LogP contribution is -2.38. The maximum atomic E-state index is 11.0. The Hall–Kier alpha value is -0.710. The third kappa shape index (κ3) is 1.62. The first kappa shape index (κ1) is 10.8. The van der Waals surface area contributed by atoms with Crippen LogP contribution in [0.5, 0.6) is 0 Å². The summed E-state index contributed by atoms with van der Waals surface area (Å²) in [6, 6.07) is 4.96. The van der Waals surface area contributed by atoms with Gasteiger partial charge in [-0.15, -0.1) is 11.8 Å². The number of aliphatic hydroxyl groups is 1. The van der Waals surface area contributed by atoms with Crippen molar-refractivity contribution in [3.63, 3.8) is 0 Å². The largest absolute Gasteiger partial charge is 0.479 e. The van der Waals surface area contributed by atoms with Crippen molar-refractivity contribution < 1.29 is 15.0 Å². The Morgan fingerprint density at radius 3 is 2.93 bits per heavy atom. The van der Waals surface area contributed by atoms with Crippen LogP contribution in [0.1, 0.15) is 12.0 Å². The van der Waals surface area contributed by atoms with E-state index in [9.17, 15) is 9.90 Å². The van der Waals surface area contributed by atoms with E-state index >= 15 is 0 Å². The van der Waals surface area contributed by atoms with Crippen molar-refractivity contribution in [2.75, 3.05) is 5.75 Å². The van der Waals surface area contributed by atoms with Gasteiger partial charge in [0.15, 0.2) is 5.60 Å². The van der Waals surface area contributed by atoms with Crippen LogP contribution in [0.15, 0.2) is 23.1 Å². The van der Waals surface area contributed by atoms with Crippen LogP contribution >= 0.6 is 23.4 Å². The van der Waals surface area contributed by atoms with E-state index in [4.69, 9.17) is 16.7 Å². The molecule has 3 nitrogen and oxygen atoms in total. The molecule has 2 rings (SSSR count). The van der Waals surface area contributed by atoms with Gasteiger partial charge < -0.3 is 10.2 Å². The molecule has 0 saturated heterocycles. The van der Waals surface area contributed by atoms with Gasteiger partial charge in [0, 0.05) is 22.6 Å². The molecule has 0 aromatic heterocycles. The van der Waals surface area contributed by atoms with E-state index in [1.165, 1.54) is 11.8 Å². The van der Waals surface area contributed by atoms with Crippen LogP contribution in [0.25, 0.3) is 0 Å². The number of fused-ring (bicyclic) bond motifs is 1. The molecule has 0 amide bonds. The number of rotatable bonds is 1. The predicted molar refractivity (Wildman–Crippen MR) is 58.3 cm³/mol. The molecule has 0 fully saturated rings. The third-order valence-corrected chi connectivity index (χ3v) is 4.04. The Morgan fingerprint density at radius 2 is 2.27 bits per heavy atom. The zero-order valence-corrected chi connectivity index (χ0v) is 9.31. The van der Waals surface area contributed by atoms with E-state index in [1.807, 2.05) is 0 Å². The van der Waals surface area contributed by atoms with Gasteiger partial charge in [0.2, 0.25) is 0 Å². The SMILES string of the molecule is O=C(O)C1(O)CCSc2c(Cl)cccc21. The van der Waals surface area contributed by atoms with Gasteiger partial charge in [-0.05, 0) is 6.07 Å². The maximum absolute atomic E-state index is 11.0. The Morgan fingerprint density at radius 1 is 1.53 bits per heavy atom. The monoisotopic (exact) mass is 244 g/mol. The zero-order chi connectivity index (χ0) is 11.1. The van der Waals surface area contributed by atoms with E-state index in [1.54, 1.807) is 18.2 Å². The molecule has 80 valence electrons. The number of hydrogen-bond acceptors (Lipinski definition) is 3. The summed E-state index contributed by atoms with van der Waals surface area (Å²) in [7, 11) is 0. The van der Waals surface area contributed by atoms with Crippen molar-refractivity contribution in [1.29, 1.82) is 0 Å². The van der Waals surface area contributed by atoms with Crippen molar-refractivity contribution >= 4 is 29.3 Å². The van der Waals surface area contributed by atoms with Gasteiger partial charge in [-0.3, -0.25) is 0 Å². The maximum Gasteiger partial charge on any atom is 0.340 e. The van der Waals surface area contributed by atoms with Gasteiger partial charge >= 0.3 is 5.97 Å². The van der Waals surface area contributed by atoms with E-state index in [0.717, 1.165) is 0 Å². The number of carboxylic acid groups (broad SMARTS) is 1. The molecule has 1 aromatic rings. The summed E-state index contributed by atoms with van der Waals surface area (Å²) in [5.41, 5.74) is -1.38. The van der Waals surface area contributed by atoms with E-state index < -0.39 is 11.6 Å². The molecule has 0 bridgehead atoms. The van der Waals surface area contributed by atoms with Crippen molar-refractivity contribution in [3.8, 4) is 0 Å². The third-order valence-electron chi connectivity index (χ3n) is 2.48. The van der Waals surface area contributed by atoms with Crippen molar-refractivity contribution in [2.45, 2.75) is 16.9 Å². The fourth-order valence-corrected chi connectivity index (χ4v) is 3.18. The highest BCUT2D eigenvalue weighted by molar-refractivity contribution is 7.99. The minimum absolute atomic E-state index is 0.209. The molecule has 0 spiro atoms. The molecular formula is C10H9ClO3S. The molecule has 1 atom stereocenters. The second kappa shape index (κ2) is 3.70. The van der Waals surface area contributed by atoms with Gasteiger partial charge in [-0.25, -0.2) is 4.79 Å². The molecule has 0 radical (unpaired) electrons. The second-order valence-electron chi connectivity index (χ2n) is 3.38. The van der Waals surface area contributed by atoms with Gasteiger partial charge in [-0.2, -0.15) is 0 Å². The standard InChI is InChI=1S/C10H9ClO3S/c11-7-3-1-2-6-8(7)15-5-4-10(6,14)9(12)13/h1-3,14H,4-5H2,(H,12,13). The van der Waals surface area contributed by atoms with Crippen molar-refractivity contribution in [2.24, 2.45) is 0 Å². The van der Waals surface area contributed by atoms with E-state index in [-0.39, 0.29) is 6.42 Å². The second-order valence-corrected chi connectivity index (χ2v) is 4.89. The number of thioether (sulfide) groups is 1. The molecule has 5 heteroatoms. The lowest BCUT2D eigenvalue weighted by Gasteiger charge is -2.30. The summed E-state index contributed by atoms with van der Waals surface area (Å²) in [4.78, 5) is 11.7. The number of carbonyl (C=O) groups is 1. The average molecular weight is 245 g/mol. The van der Waals surface area contributed by atoms with Crippen molar-refractivity contribution in [1.82, 2.24) is 0 Å². The number of carboxylic acids is 1. The molecule has 1 unspecified atom stereocenters. The molecule has 0 aliphatic carbocycles. The Kier molecular flexibility index (Phi) is 2.66. The molecule has 1 aliphatic heterocycles. The highest BCUT2D eigenvalue weighted by Gasteiger charge is 2.42. The summed E-state index contributed by atoms with van der Waals surface area (Å²) in [5.74, 6) is -0.661. The van der Waals surface area contributed by atoms with E-state index in [2.05, 4.69) is 0 Å². The summed E-state index contributed by atoms with van der Waals surface area (Å²) in [6.07, 6.45) is 0.209. The molecule has 1 aromatic carbocycles. The predicted octanol–water partition coefficient (Wildman–Crippen LogP) is 2.11. The molecule has 1 heterocycles. The first-order chi connectivity index (χ1) is 7.05. The highest BCUT2D eigenvalue weighted by Crippen LogP contribution is 2.43. The van der Waals surface area contributed by atoms with Gasteiger partial charge in [0.25, 0.3) is 0 Å². The quantitative estimate of drug-likeness (QED) is 0.795. The van der Waals surface area contributed by atoms with Crippen LogP contribution in [-0.2, 0) is 10.4 Å². The summed E-state index contributed by atoms with van der Waals surface area (Å²) in [6.45, 7) is 0. The molecular weight excluding hydrogens is 236 g/mol. The van der Waals surface area contributed by atoms with Crippen LogP contribution in [-0.4, -0.2) is 21.9 Å². The molecule has 0 saturated carbocycles. The van der Waals surface area contributed by atoms with E-state index in [0.29, 0.717) is 21.2 Å². The van der Waals surface area contributed by atoms with Crippen LogP contribution in [0.4, 0.5) is 0 Å². The van der Waals surface area contributed by atoms with Crippen LogP contribution < -0.4 is 0 Å². The van der Waals surface area contributed by atoms with Crippen LogP contribution in [0.2, 0.25) is 5.02 Å². The summed E-state index contributed by atoms with van der Waals surface area (Å²) < 4.78 is 0. The number of benzene rings is 1. The minimum Gasteiger partial charge on any atom is -0.479 e. The van der Waals surface area contributed by atoms with Gasteiger partial charge in [0.05, 0.1) is 5.02 Å². The number of halogens is 1. The highest BCUT2D eigenvalue weighted by atomic mass is 35.5. The van der Waals surface area contributed by atoms with Gasteiger partial charge in [-0.1, -0.05) is 23.7 Å². The van der Waals surface area contributed by atoms with Gasteiger partial charge in [0.1, 0.15) is 0 Å². The fraction of sp³-hybridized carbons (Fsp3) is 0.300. The zero-order valence-electron chi connectivity index (χ0n) is 7.74.